The predicted molar refractivity (Wildman–Crippen MR) is 90.6 cm³/mol. The quantitative estimate of drug-likeness (QED) is 0.737. The topological polar surface area (TPSA) is 71.0 Å². The molecule has 0 saturated carbocycles. The van der Waals surface area contributed by atoms with Crippen LogP contribution in [0, 0.1) is 0 Å². The van der Waals surface area contributed by atoms with E-state index in [1.807, 2.05) is 0 Å². The Labute approximate surface area is 143 Å². The summed E-state index contributed by atoms with van der Waals surface area (Å²) in [6.45, 7) is 2.70. The average Bonchev–Trinajstić information content (AvgIpc) is 2.92. The van der Waals surface area contributed by atoms with E-state index in [4.69, 9.17) is 11.6 Å². The third-order valence-corrected chi connectivity index (χ3v) is 4.67. The molecular weight excluding hydrogens is 328 g/mol. The summed E-state index contributed by atoms with van der Waals surface area (Å²) in [6.07, 6.45) is 2.44. The molecule has 1 aromatic rings. The van der Waals surface area contributed by atoms with Crippen molar-refractivity contribution in [2.45, 2.75) is 19.9 Å². The van der Waals surface area contributed by atoms with Crippen LogP contribution in [0.2, 0.25) is 5.02 Å². The van der Waals surface area contributed by atoms with E-state index in [-0.39, 0.29) is 11.5 Å². The van der Waals surface area contributed by atoms with Gasteiger partial charge in [0.1, 0.15) is 5.69 Å². The maximum atomic E-state index is 12.7. The Morgan fingerprint density at radius 2 is 2.04 bits per heavy atom. The van der Waals surface area contributed by atoms with Crippen LogP contribution in [0.25, 0.3) is 16.9 Å². The number of fused-ring (bicyclic) bond motifs is 3. The second-order valence-corrected chi connectivity index (χ2v) is 6.33. The van der Waals surface area contributed by atoms with Crippen molar-refractivity contribution in [3.63, 3.8) is 0 Å². The molecule has 24 heavy (non-hydrogen) atoms. The number of pyridine rings is 1. The number of nitrogens with zero attached hydrogens (tertiary/aromatic N) is 3. The van der Waals surface area contributed by atoms with E-state index in [1.54, 1.807) is 42.3 Å². The highest BCUT2D eigenvalue weighted by atomic mass is 35.5. The predicted octanol–water partition coefficient (Wildman–Crippen LogP) is 2.22. The van der Waals surface area contributed by atoms with Gasteiger partial charge in [0.25, 0.3) is 5.56 Å². The molecule has 122 valence electrons. The second kappa shape index (κ2) is 5.49. The zero-order chi connectivity index (χ0) is 16.8. The molecule has 4 rings (SSSR count). The van der Waals surface area contributed by atoms with Gasteiger partial charge in [-0.15, -0.1) is 0 Å². The van der Waals surface area contributed by atoms with Crippen LogP contribution in [0.4, 0.5) is 0 Å². The number of H-pyrrole nitrogens is 1. The number of carbonyl (C=O) groups excluding carboxylic acids is 1. The smallest absolute Gasteiger partial charge is 0.282 e. The molecule has 0 atom stereocenters. The first-order valence-corrected chi connectivity index (χ1v) is 8.06. The van der Waals surface area contributed by atoms with E-state index in [2.05, 4.69) is 10.1 Å². The number of nitrogens with one attached hydrogen (secondary N) is 1. The summed E-state index contributed by atoms with van der Waals surface area (Å²) in [7, 11) is 0. The molecule has 0 radical (unpaired) electrons. The van der Waals surface area contributed by atoms with Gasteiger partial charge in [0.15, 0.2) is 0 Å². The molecule has 3 aliphatic heterocycles. The van der Waals surface area contributed by atoms with Gasteiger partial charge >= 0.3 is 0 Å². The van der Waals surface area contributed by atoms with Crippen molar-refractivity contribution < 1.29 is 4.79 Å². The molecule has 0 unspecified atom stereocenters. The zero-order valence-electron chi connectivity index (χ0n) is 13.0. The number of aromatic nitrogens is 3. The molecule has 0 bridgehead atoms. The van der Waals surface area contributed by atoms with Gasteiger partial charge in [0.05, 0.1) is 11.3 Å². The lowest BCUT2D eigenvalue weighted by Gasteiger charge is -2.28. The second-order valence-electron chi connectivity index (χ2n) is 5.89. The summed E-state index contributed by atoms with van der Waals surface area (Å²) in [5.41, 5.74) is 3.59. The molecule has 0 fully saturated rings. The van der Waals surface area contributed by atoms with Gasteiger partial charge in [0, 0.05) is 48.9 Å². The fourth-order valence-corrected chi connectivity index (χ4v) is 3.22. The number of carbonyl (C=O) groups is 1. The fourth-order valence-electron chi connectivity index (χ4n) is 3.09. The minimum absolute atomic E-state index is 0.0251. The van der Waals surface area contributed by atoms with E-state index in [0.717, 1.165) is 17.7 Å². The fraction of sp³-hybridized carbons (Fsp3) is 0.235. The molecule has 1 amide bonds. The minimum atomic E-state index is -0.189. The summed E-state index contributed by atoms with van der Waals surface area (Å²) in [5.74, 6) is 0.0251. The van der Waals surface area contributed by atoms with Crippen molar-refractivity contribution in [2.75, 3.05) is 6.54 Å². The van der Waals surface area contributed by atoms with Gasteiger partial charge < -0.3 is 9.88 Å². The van der Waals surface area contributed by atoms with E-state index in [9.17, 15) is 9.59 Å². The van der Waals surface area contributed by atoms with Crippen molar-refractivity contribution in [1.82, 2.24) is 19.7 Å². The Bertz CT molecular complexity index is 958. The Morgan fingerprint density at radius 1 is 1.29 bits per heavy atom. The monoisotopic (exact) mass is 342 g/mol. The normalized spacial score (nSPS) is 14.0. The molecule has 3 heterocycles. The number of hydrogen-bond donors (Lipinski definition) is 1. The third-order valence-electron chi connectivity index (χ3n) is 4.42. The summed E-state index contributed by atoms with van der Waals surface area (Å²) < 4.78 is 1.38. The van der Waals surface area contributed by atoms with Crippen molar-refractivity contribution in [3.05, 3.63) is 57.1 Å². The van der Waals surface area contributed by atoms with Crippen molar-refractivity contribution in [1.29, 1.82) is 0 Å². The van der Waals surface area contributed by atoms with Crippen LogP contribution >= 0.6 is 11.6 Å². The molecule has 0 saturated heterocycles. The maximum absolute atomic E-state index is 12.7. The number of rotatable bonds is 1. The first-order valence-electron chi connectivity index (χ1n) is 7.68. The highest BCUT2D eigenvalue weighted by molar-refractivity contribution is 6.30. The summed E-state index contributed by atoms with van der Waals surface area (Å²) in [6, 6.07) is 6.96. The molecule has 7 heteroatoms. The highest BCUT2D eigenvalue weighted by Gasteiger charge is 2.27. The minimum Gasteiger partial charge on any atom is -0.364 e. The van der Waals surface area contributed by atoms with Gasteiger partial charge in [-0.3, -0.25) is 9.59 Å². The standard InChI is InChI=1S/C17H15ClN4O2/c1-10(23)21-7-6-15-14(9-21)16-13(8-19-15)17(24)22(20-16)12-4-2-11(18)3-5-12/h2-5,8,19H,6-7,9H2,1H3. The maximum Gasteiger partial charge on any atom is 0.282 e. The Balaban J connectivity index is 1.88. The van der Waals surface area contributed by atoms with Crippen LogP contribution in [0.5, 0.6) is 0 Å². The Kier molecular flexibility index (Phi) is 3.42. The molecule has 0 spiro atoms. The number of aromatic amines is 1. The molecule has 1 N–H and O–H groups in total. The van der Waals surface area contributed by atoms with Gasteiger partial charge in [-0.1, -0.05) is 11.6 Å². The molecule has 1 aromatic carbocycles. The lowest BCUT2D eigenvalue weighted by molar-refractivity contribution is -0.129. The van der Waals surface area contributed by atoms with Gasteiger partial charge in [0.2, 0.25) is 5.91 Å². The van der Waals surface area contributed by atoms with E-state index in [1.165, 1.54) is 4.68 Å². The van der Waals surface area contributed by atoms with Crippen LogP contribution < -0.4 is 5.56 Å². The number of halogens is 1. The van der Waals surface area contributed by atoms with E-state index < -0.39 is 0 Å². The zero-order valence-corrected chi connectivity index (χ0v) is 13.8. The first-order chi connectivity index (χ1) is 11.5. The third kappa shape index (κ3) is 2.30. The van der Waals surface area contributed by atoms with Crippen LogP contribution in [0.3, 0.4) is 0 Å². The van der Waals surface area contributed by atoms with Crippen molar-refractivity contribution in [2.24, 2.45) is 0 Å². The molecular formula is C17H15ClN4O2. The summed E-state index contributed by atoms with van der Waals surface area (Å²) in [5, 5.41) is 5.12. The van der Waals surface area contributed by atoms with Crippen LogP contribution in [0.1, 0.15) is 18.2 Å². The number of amides is 1. The van der Waals surface area contributed by atoms with Crippen molar-refractivity contribution >= 4 is 17.5 Å². The number of benzene rings is 1. The first kappa shape index (κ1) is 15.0. The van der Waals surface area contributed by atoms with Gasteiger partial charge in [-0.05, 0) is 24.3 Å². The number of hydrogen-bond acceptors (Lipinski definition) is 3. The molecule has 0 aliphatic carbocycles. The Hall–Kier alpha value is -2.60. The average molecular weight is 343 g/mol. The molecule has 0 aromatic heterocycles. The van der Waals surface area contributed by atoms with E-state index in [0.29, 0.717) is 35.1 Å². The largest absolute Gasteiger partial charge is 0.364 e. The molecule has 3 aliphatic rings. The van der Waals surface area contributed by atoms with E-state index >= 15 is 0 Å². The SMILES string of the molecule is CC(=O)N1CCc2[nH]cc3c(=O)n(-c4ccc(Cl)cc4)nc-3c2C1. The lowest BCUT2D eigenvalue weighted by atomic mass is 10.00. The summed E-state index contributed by atoms with van der Waals surface area (Å²) in [4.78, 5) is 29.3. The Morgan fingerprint density at radius 3 is 2.75 bits per heavy atom. The van der Waals surface area contributed by atoms with Gasteiger partial charge in [-0.2, -0.15) is 9.78 Å². The van der Waals surface area contributed by atoms with Crippen LogP contribution in [-0.4, -0.2) is 32.1 Å². The van der Waals surface area contributed by atoms with Crippen LogP contribution in [-0.2, 0) is 17.8 Å². The van der Waals surface area contributed by atoms with Crippen molar-refractivity contribution in [3.8, 4) is 16.9 Å². The van der Waals surface area contributed by atoms with Gasteiger partial charge in [-0.25, -0.2) is 0 Å². The highest BCUT2D eigenvalue weighted by Crippen LogP contribution is 2.28. The molecule has 6 nitrogen and oxygen atoms in total. The lowest BCUT2D eigenvalue weighted by Crippen LogP contribution is -2.35. The summed E-state index contributed by atoms with van der Waals surface area (Å²) >= 11 is 5.91. The van der Waals surface area contributed by atoms with Crippen LogP contribution in [0.15, 0.2) is 35.3 Å².